The second kappa shape index (κ2) is 6.20. The zero-order chi connectivity index (χ0) is 14.8. The van der Waals surface area contributed by atoms with Crippen LogP contribution in [0.5, 0.6) is 0 Å². The first kappa shape index (κ1) is 14.6. The van der Waals surface area contributed by atoms with Gasteiger partial charge in [0.15, 0.2) is 0 Å². The van der Waals surface area contributed by atoms with Gasteiger partial charge < -0.3 is 5.32 Å². The van der Waals surface area contributed by atoms with Crippen molar-refractivity contribution < 1.29 is 4.79 Å². The summed E-state index contributed by atoms with van der Waals surface area (Å²) in [5.74, 6) is 0.00228. The van der Waals surface area contributed by atoms with Gasteiger partial charge in [0.05, 0.1) is 5.38 Å². The minimum absolute atomic E-state index is 0.00228. The Morgan fingerprint density at radius 2 is 1.95 bits per heavy atom. The SMILES string of the molecule is O=C1NCCCc2ccc(C(Cl)c3cccc(Br)c3)cc21. The summed E-state index contributed by atoms with van der Waals surface area (Å²) in [5, 5.41) is 2.67. The molecule has 1 aliphatic heterocycles. The molecule has 0 bridgehead atoms. The summed E-state index contributed by atoms with van der Waals surface area (Å²) in [6, 6.07) is 13.9. The van der Waals surface area contributed by atoms with E-state index in [0.29, 0.717) is 0 Å². The Bertz CT molecular complexity index is 686. The van der Waals surface area contributed by atoms with E-state index in [9.17, 15) is 4.79 Å². The molecule has 1 heterocycles. The second-order valence-corrected chi connectivity index (χ2v) is 6.55. The van der Waals surface area contributed by atoms with Gasteiger partial charge in [0.25, 0.3) is 5.91 Å². The topological polar surface area (TPSA) is 29.1 Å². The van der Waals surface area contributed by atoms with Crippen LogP contribution < -0.4 is 5.32 Å². The molecule has 1 N–H and O–H groups in total. The third kappa shape index (κ3) is 3.14. The Labute approximate surface area is 137 Å². The Hall–Kier alpha value is -1.32. The molecule has 0 fully saturated rings. The van der Waals surface area contributed by atoms with Crippen molar-refractivity contribution in [3.8, 4) is 0 Å². The number of alkyl halides is 1. The summed E-state index contributed by atoms with van der Waals surface area (Å²) in [4.78, 5) is 12.1. The molecule has 1 amide bonds. The van der Waals surface area contributed by atoms with Gasteiger partial charge in [-0.05, 0) is 47.7 Å². The number of hydrogen-bond acceptors (Lipinski definition) is 1. The van der Waals surface area contributed by atoms with Crippen molar-refractivity contribution in [1.29, 1.82) is 0 Å². The molecule has 0 radical (unpaired) electrons. The molecule has 0 aliphatic carbocycles. The van der Waals surface area contributed by atoms with E-state index < -0.39 is 0 Å². The quantitative estimate of drug-likeness (QED) is 0.784. The lowest BCUT2D eigenvalue weighted by molar-refractivity contribution is 0.0956. The molecular formula is C17H15BrClNO. The van der Waals surface area contributed by atoms with Gasteiger partial charge in [-0.15, -0.1) is 11.6 Å². The van der Waals surface area contributed by atoms with Crippen molar-refractivity contribution in [1.82, 2.24) is 5.32 Å². The highest BCUT2D eigenvalue weighted by Gasteiger charge is 2.18. The number of fused-ring (bicyclic) bond motifs is 1. The molecule has 0 spiro atoms. The highest BCUT2D eigenvalue weighted by atomic mass is 79.9. The van der Waals surface area contributed by atoms with Crippen LogP contribution in [0.25, 0.3) is 0 Å². The number of hydrogen-bond donors (Lipinski definition) is 1. The molecule has 0 aromatic heterocycles. The van der Waals surface area contributed by atoms with Crippen molar-refractivity contribution in [2.75, 3.05) is 6.54 Å². The Morgan fingerprint density at radius 1 is 1.14 bits per heavy atom. The van der Waals surface area contributed by atoms with Crippen molar-refractivity contribution in [2.24, 2.45) is 0 Å². The Morgan fingerprint density at radius 3 is 2.76 bits per heavy atom. The third-order valence-corrected chi connectivity index (χ3v) is 4.72. The monoisotopic (exact) mass is 363 g/mol. The number of nitrogens with one attached hydrogen (secondary N) is 1. The van der Waals surface area contributed by atoms with Crippen molar-refractivity contribution in [2.45, 2.75) is 18.2 Å². The molecule has 0 saturated carbocycles. The normalized spacial score (nSPS) is 15.8. The number of carbonyl (C=O) groups excluding carboxylic acids is 1. The maximum absolute atomic E-state index is 12.1. The summed E-state index contributed by atoms with van der Waals surface area (Å²) in [6.45, 7) is 0.735. The third-order valence-electron chi connectivity index (χ3n) is 3.72. The number of aryl methyl sites for hydroxylation is 1. The molecule has 1 unspecified atom stereocenters. The maximum Gasteiger partial charge on any atom is 0.251 e. The Kier molecular flexibility index (Phi) is 4.32. The lowest BCUT2D eigenvalue weighted by atomic mass is 9.97. The molecule has 2 aromatic carbocycles. The van der Waals surface area contributed by atoms with Crippen LogP contribution in [0, 0.1) is 0 Å². The fourth-order valence-electron chi connectivity index (χ4n) is 2.61. The van der Waals surface area contributed by atoms with Gasteiger partial charge in [-0.2, -0.15) is 0 Å². The van der Waals surface area contributed by atoms with E-state index in [1.807, 2.05) is 42.5 Å². The summed E-state index contributed by atoms with van der Waals surface area (Å²) in [7, 11) is 0. The van der Waals surface area contributed by atoms with E-state index >= 15 is 0 Å². The van der Waals surface area contributed by atoms with Crippen molar-refractivity contribution in [3.63, 3.8) is 0 Å². The number of halogens is 2. The van der Waals surface area contributed by atoms with E-state index in [1.165, 1.54) is 0 Å². The first-order valence-corrected chi connectivity index (χ1v) is 8.18. The van der Waals surface area contributed by atoms with Crippen LogP contribution in [0.1, 0.15) is 38.8 Å². The molecule has 1 atom stereocenters. The van der Waals surface area contributed by atoms with Crippen LogP contribution in [0.3, 0.4) is 0 Å². The van der Waals surface area contributed by atoms with Crippen molar-refractivity contribution >= 4 is 33.4 Å². The zero-order valence-corrected chi connectivity index (χ0v) is 13.7. The van der Waals surface area contributed by atoms with Gasteiger partial charge in [-0.25, -0.2) is 0 Å². The van der Waals surface area contributed by atoms with Crippen LogP contribution in [-0.2, 0) is 6.42 Å². The van der Waals surface area contributed by atoms with E-state index in [2.05, 4.69) is 21.2 Å². The van der Waals surface area contributed by atoms with Gasteiger partial charge in [0.2, 0.25) is 0 Å². The van der Waals surface area contributed by atoms with Crippen LogP contribution in [0.2, 0.25) is 0 Å². The molecule has 108 valence electrons. The smallest absolute Gasteiger partial charge is 0.251 e. The van der Waals surface area contributed by atoms with Gasteiger partial charge in [-0.1, -0.05) is 40.2 Å². The summed E-state index contributed by atoms with van der Waals surface area (Å²) < 4.78 is 0.998. The lowest BCUT2D eigenvalue weighted by Gasteiger charge is -2.13. The van der Waals surface area contributed by atoms with Crippen LogP contribution >= 0.6 is 27.5 Å². The van der Waals surface area contributed by atoms with Crippen molar-refractivity contribution in [3.05, 3.63) is 69.2 Å². The fourth-order valence-corrected chi connectivity index (χ4v) is 3.30. The molecule has 2 nitrogen and oxygen atoms in total. The minimum Gasteiger partial charge on any atom is -0.352 e. The summed E-state index contributed by atoms with van der Waals surface area (Å²) in [5.41, 5.74) is 3.82. The largest absolute Gasteiger partial charge is 0.352 e. The van der Waals surface area contributed by atoms with E-state index in [-0.39, 0.29) is 11.3 Å². The average molecular weight is 365 g/mol. The van der Waals surface area contributed by atoms with Gasteiger partial charge in [0, 0.05) is 16.6 Å². The van der Waals surface area contributed by atoms with Crippen LogP contribution in [0.15, 0.2) is 46.9 Å². The molecule has 2 aromatic rings. The predicted octanol–water partition coefficient (Wildman–Crippen LogP) is 4.45. The minimum atomic E-state index is -0.260. The molecule has 0 saturated heterocycles. The van der Waals surface area contributed by atoms with Crippen LogP contribution in [0.4, 0.5) is 0 Å². The predicted molar refractivity (Wildman–Crippen MR) is 88.9 cm³/mol. The second-order valence-electron chi connectivity index (χ2n) is 5.19. The van der Waals surface area contributed by atoms with Gasteiger partial charge in [0.1, 0.15) is 0 Å². The van der Waals surface area contributed by atoms with Crippen LogP contribution in [-0.4, -0.2) is 12.5 Å². The zero-order valence-electron chi connectivity index (χ0n) is 11.4. The number of amides is 1. The summed E-state index contributed by atoms with van der Waals surface area (Å²) in [6.07, 6.45) is 1.91. The average Bonchev–Trinajstić information content (AvgIpc) is 2.68. The molecular weight excluding hydrogens is 350 g/mol. The van der Waals surface area contributed by atoms with Gasteiger partial charge >= 0.3 is 0 Å². The molecule has 1 aliphatic rings. The number of carbonyl (C=O) groups is 1. The summed E-state index contributed by atoms with van der Waals surface area (Å²) >= 11 is 10.0. The lowest BCUT2D eigenvalue weighted by Crippen LogP contribution is -2.22. The highest BCUT2D eigenvalue weighted by Crippen LogP contribution is 2.32. The van der Waals surface area contributed by atoms with E-state index in [4.69, 9.17) is 11.6 Å². The first-order valence-electron chi connectivity index (χ1n) is 6.96. The van der Waals surface area contributed by atoms with E-state index in [1.54, 1.807) is 0 Å². The van der Waals surface area contributed by atoms with Gasteiger partial charge in [-0.3, -0.25) is 4.79 Å². The fraction of sp³-hybridized carbons (Fsp3) is 0.235. The standard InChI is InChI=1S/C17H15BrClNO/c18-14-5-1-3-12(9-14)16(19)13-7-6-11-4-2-8-20-17(21)15(11)10-13/h1,3,5-7,9-10,16H,2,4,8H2,(H,20,21). The van der Waals surface area contributed by atoms with E-state index in [0.717, 1.165) is 46.1 Å². The molecule has 21 heavy (non-hydrogen) atoms. The highest BCUT2D eigenvalue weighted by molar-refractivity contribution is 9.10. The number of rotatable bonds is 2. The Balaban J connectivity index is 1.98. The first-order chi connectivity index (χ1) is 10.1. The molecule has 3 rings (SSSR count). The maximum atomic E-state index is 12.1. The molecule has 4 heteroatoms. The number of benzene rings is 2.